The van der Waals surface area contributed by atoms with Gasteiger partial charge in [0.15, 0.2) is 0 Å². The van der Waals surface area contributed by atoms with Crippen LogP contribution in [0, 0.1) is 5.41 Å². The molecule has 0 aromatic carbocycles. The van der Waals surface area contributed by atoms with E-state index >= 15 is 0 Å². The minimum absolute atomic E-state index is 0.158. The van der Waals surface area contributed by atoms with Crippen molar-refractivity contribution in [3.05, 3.63) is 0 Å². The summed E-state index contributed by atoms with van der Waals surface area (Å²) in [6.07, 6.45) is 3.09. The van der Waals surface area contributed by atoms with Gasteiger partial charge < -0.3 is 20.2 Å². The van der Waals surface area contributed by atoms with Gasteiger partial charge in [-0.05, 0) is 52.9 Å². The number of nitrogens with zero attached hydrogens (tertiary/aromatic N) is 2. The first kappa shape index (κ1) is 15.7. The smallest absolute Gasteiger partial charge is 0.229 e. The topological polar surface area (TPSA) is 55.8 Å². The molecule has 0 aliphatic carbocycles. The van der Waals surface area contributed by atoms with Gasteiger partial charge in [0.25, 0.3) is 0 Å². The lowest BCUT2D eigenvalue weighted by Gasteiger charge is -2.40. The second-order valence-electron chi connectivity index (χ2n) is 6.65. The minimum atomic E-state index is -0.362. The summed E-state index contributed by atoms with van der Waals surface area (Å²) in [5.41, 5.74) is -0.208. The number of rotatable bonds is 4. The van der Waals surface area contributed by atoms with Crippen LogP contribution in [-0.4, -0.2) is 73.2 Å². The van der Waals surface area contributed by atoms with Gasteiger partial charge in [0.2, 0.25) is 5.91 Å². The van der Waals surface area contributed by atoms with Crippen molar-refractivity contribution >= 4 is 5.91 Å². The minimum Gasteiger partial charge on any atom is -0.391 e. The zero-order valence-corrected chi connectivity index (χ0v) is 13.1. The maximum absolute atomic E-state index is 13.1. The van der Waals surface area contributed by atoms with Crippen LogP contribution in [0.4, 0.5) is 0 Å². The standard InChI is InChI=1S/C15H29N3O2/c1-4-15(5-7-16-8-6-15)14(20)18-11-13(19)9-12(18)10-17(2)3/h12-13,16,19H,4-11H2,1-3H3. The number of aliphatic hydroxyl groups excluding tert-OH is 1. The number of aliphatic hydroxyl groups is 1. The highest BCUT2D eigenvalue weighted by Crippen LogP contribution is 2.37. The summed E-state index contributed by atoms with van der Waals surface area (Å²) >= 11 is 0. The van der Waals surface area contributed by atoms with Crippen molar-refractivity contribution in [1.82, 2.24) is 15.1 Å². The van der Waals surface area contributed by atoms with Crippen LogP contribution in [-0.2, 0) is 4.79 Å². The molecule has 0 aromatic rings. The van der Waals surface area contributed by atoms with Crippen molar-refractivity contribution < 1.29 is 9.90 Å². The Morgan fingerprint density at radius 1 is 1.40 bits per heavy atom. The Balaban J connectivity index is 2.12. The Morgan fingerprint density at radius 2 is 2.05 bits per heavy atom. The van der Waals surface area contributed by atoms with Crippen molar-refractivity contribution in [2.75, 3.05) is 40.3 Å². The van der Waals surface area contributed by atoms with Gasteiger partial charge in [0.05, 0.1) is 11.5 Å². The summed E-state index contributed by atoms with van der Waals surface area (Å²) in [4.78, 5) is 17.1. The normalized spacial score (nSPS) is 29.9. The number of carbonyl (C=O) groups is 1. The summed E-state index contributed by atoms with van der Waals surface area (Å²) in [7, 11) is 4.04. The Hall–Kier alpha value is -0.650. The van der Waals surface area contributed by atoms with E-state index in [2.05, 4.69) is 17.1 Å². The molecule has 0 radical (unpaired) electrons. The van der Waals surface area contributed by atoms with Crippen LogP contribution < -0.4 is 5.32 Å². The van der Waals surface area contributed by atoms with Crippen LogP contribution in [0.2, 0.25) is 0 Å². The summed E-state index contributed by atoms with van der Waals surface area (Å²) in [6.45, 7) is 5.31. The summed E-state index contributed by atoms with van der Waals surface area (Å²) in [6, 6.07) is 0.158. The van der Waals surface area contributed by atoms with Gasteiger partial charge >= 0.3 is 0 Å². The molecule has 1 amide bonds. The molecule has 0 bridgehead atoms. The van der Waals surface area contributed by atoms with Crippen LogP contribution in [0.5, 0.6) is 0 Å². The van der Waals surface area contributed by atoms with E-state index in [-0.39, 0.29) is 23.5 Å². The molecule has 116 valence electrons. The first-order chi connectivity index (χ1) is 9.48. The van der Waals surface area contributed by atoms with E-state index in [1.165, 1.54) is 0 Å². The highest BCUT2D eigenvalue weighted by atomic mass is 16.3. The van der Waals surface area contributed by atoms with Gasteiger partial charge in [-0.25, -0.2) is 0 Å². The molecule has 2 fully saturated rings. The fraction of sp³-hybridized carbons (Fsp3) is 0.933. The molecule has 5 heteroatoms. The molecule has 2 aliphatic heterocycles. The maximum atomic E-state index is 13.1. The molecule has 2 heterocycles. The predicted molar refractivity (Wildman–Crippen MR) is 79.5 cm³/mol. The number of β-amino-alcohol motifs (C(OH)–C–C–N with tert-alkyl or cyclic N) is 1. The molecule has 2 unspecified atom stereocenters. The number of likely N-dealkylation sites (tertiary alicyclic amines) is 1. The Labute approximate surface area is 122 Å². The second kappa shape index (κ2) is 6.41. The van der Waals surface area contributed by atoms with E-state index in [1.54, 1.807) is 0 Å². The number of hydrogen-bond acceptors (Lipinski definition) is 4. The molecule has 2 aliphatic rings. The van der Waals surface area contributed by atoms with Gasteiger partial charge in [-0.1, -0.05) is 6.92 Å². The average molecular weight is 283 g/mol. The first-order valence-electron chi connectivity index (χ1n) is 7.83. The predicted octanol–water partition coefficient (Wildman–Crippen LogP) is 0.290. The number of amides is 1. The van der Waals surface area contributed by atoms with Crippen molar-refractivity contribution in [3.63, 3.8) is 0 Å². The lowest BCUT2D eigenvalue weighted by atomic mass is 9.75. The molecule has 5 nitrogen and oxygen atoms in total. The molecule has 2 rings (SSSR count). The van der Waals surface area contributed by atoms with Crippen molar-refractivity contribution in [2.45, 2.75) is 44.8 Å². The molecule has 0 aromatic heterocycles. The van der Waals surface area contributed by atoms with E-state index in [9.17, 15) is 9.90 Å². The lowest BCUT2D eigenvalue weighted by molar-refractivity contribution is -0.145. The van der Waals surface area contributed by atoms with Crippen LogP contribution >= 0.6 is 0 Å². The quantitative estimate of drug-likeness (QED) is 0.779. The molecule has 2 atom stereocenters. The second-order valence-corrected chi connectivity index (χ2v) is 6.65. The third-order valence-electron chi connectivity index (χ3n) is 4.92. The highest BCUT2D eigenvalue weighted by molar-refractivity contribution is 5.83. The van der Waals surface area contributed by atoms with E-state index in [0.717, 1.165) is 38.9 Å². The zero-order valence-electron chi connectivity index (χ0n) is 13.1. The fourth-order valence-electron chi connectivity index (χ4n) is 3.66. The Bertz CT molecular complexity index is 340. The van der Waals surface area contributed by atoms with Gasteiger partial charge in [-0.3, -0.25) is 4.79 Å². The molecular formula is C15H29N3O2. The zero-order chi connectivity index (χ0) is 14.8. The molecule has 2 N–H and O–H groups in total. The molecule has 2 saturated heterocycles. The maximum Gasteiger partial charge on any atom is 0.229 e. The number of likely N-dealkylation sites (N-methyl/N-ethyl adjacent to an activating group) is 1. The first-order valence-corrected chi connectivity index (χ1v) is 7.83. The van der Waals surface area contributed by atoms with Crippen LogP contribution in [0.3, 0.4) is 0 Å². The lowest BCUT2D eigenvalue weighted by Crippen LogP contribution is -2.52. The SMILES string of the molecule is CCC1(C(=O)N2CC(O)CC2CN(C)C)CCNCC1. The number of hydrogen-bond donors (Lipinski definition) is 2. The van der Waals surface area contributed by atoms with Crippen molar-refractivity contribution in [2.24, 2.45) is 5.41 Å². The van der Waals surface area contributed by atoms with Crippen LogP contribution in [0.15, 0.2) is 0 Å². The van der Waals surface area contributed by atoms with Gasteiger partial charge in [-0.2, -0.15) is 0 Å². The largest absolute Gasteiger partial charge is 0.391 e. The monoisotopic (exact) mass is 283 g/mol. The Morgan fingerprint density at radius 3 is 2.60 bits per heavy atom. The molecule has 0 saturated carbocycles. The number of piperidine rings is 1. The molecule has 20 heavy (non-hydrogen) atoms. The molecular weight excluding hydrogens is 254 g/mol. The van der Waals surface area contributed by atoms with Gasteiger partial charge in [-0.15, -0.1) is 0 Å². The van der Waals surface area contributed by atoms with E-state index < -0.39 is 0 Å². The Kier molecular flexibility index (Phi) is 5.04. The van der Waals surface area contributed by atoms with Crippen molar-refractivity contribution in [3.8, 4) is 0 Å². The van der Waals surface area contributed by atoms with E-state index in [0.29, 0.717) is 13.0 Å². The van der Waals surface area contributed by atoms with E-state index in [1.807, 2.05) is 19.0 Å². The highest BCUT2D eigenvalue weighted by Gasteiger charge is 2.45. The van der Waals surface area contributed by atoms with Gasteiger partial charge in [0.1, 0.15) is 0 Å². The third-order valence-corrected chi connectivity index (χ3v) is 4.92. The van der Waals surface area contributed by atoms with Gasteiger partial charge in [0, 0.05) is 19.1 Å². The summed E-state index contributed by atoms with van der Waals surface area (Å²) in [5.74, 6) is 0.268. The summed E-state index contributed by atoms with van der Waals surface area (Å²) < 4.78 is 0. The van der Waals surface area contributed by atoms with E-state index in [4.69, 9.17) is 0 Å². The third kappa shape index (κ3) is 3.15. The van der Waals surface area contributed by atoms with Crippen LogP contribution in [0.1, 0.15) is 32.6 Å². The van der Waals surface area contributed by atoms with Crippen LogP contribution in [0.25, 0.3) is 0 Å². The average Bonchev–Trinajstić information content (AvgIpc) is 2.78. The van der Waals surface area contributed by atoms with Crippen molar-refractivity contribution in [1.29, 1.82) is 0 Å². The summed E-state index contributed by atoms with van der Waals surface area (Å²) in [5, 5.41) is 13.3. The number of carbonyl (C=O) groups excluding carboxylic acids is 1. The number of nitrogens with one attached hydrogen (secondary N) is 1. The molecule has 0 spiro atoms. The fourth-order valence-corrected chi connectivity index (χ4v) is 3.66.